The van der Waals surface area contributed by atoms with E-state index >= 15 is 0 Å². The van der Waals surface area contributed by atoms with Gasteiger partial charge in [0.25, 0.3) is 0 Å². The van der Waals surface area contributed by atoms with Crippen LogP contribution >= 0.6 is 0 Å². The summed E-state index contributed by atoms with van der Waals surface area (Å²) in [6.45, 7) is 7.12. The zero-order chi connectivity index (χ0) is 6.55. The van der Waals surface area contributed by atoms with Crippen molar-refractivity contribution in [1.29, 1.82) is 0 Å². The van der Waals surface area contributed by atoms with Gasteiger partial charge >= 0.3 is 0 Å². The lowest BCUT2D eigenvalue weighted by atomic mass is 10.4. The summed E-state index contributed by atoms with van der Waals surface area (Å²) < 4.78 is 0. The van der Waals surface area contributed by atoms with Crippen LogP contribution in [0.2, 0.25) is 0 Å². The molecule has 0 unspecified atom stereocenters. The highest BCUT2D eigenvalue weighted by Gasteiger charge is 2.36. The predicted octanol–water partition coefficient (Wildman–Crippen LogP) is -1.40. The van der Waals surface area contributed by atoms with Crippen molar-refractivity contribution in [3.05, 3.63) is 0 Å². The summed E-state index contributed by atoms with van der Waals surface area (Å²) in [6, 6.07) is 0. The zero-order valence-electron chi connectivity index (χ0n) is 6.61. The minimum absolute atomic E-state index is 0. The summed E-state index contributed by atoms with van der Waals surface area (Å²) in [7, 11) is 0. The lowest BCUT2D eigenvalue weighted by Gasteiger charge is -2.56. The highest BCUT2D eigenvalue weighted by atomic mass is 15.7. The first-order valence-corrected chi connectivity index (χ1v) is 3.79. The second kappa shape index (κ2) is 2.45. The molecule has 0 aromatic rings. The lowest BCUT2D eigenvalue weighted by Crippen LogP contribution is -2.71. The highest BCUT2D eigenvalue weighted by Crippen LogP contribution is 2.20. The van der Waals surface area contributed by atoms with Gasteiger partial charge in [-0.05, 0) is 0 Å². The molecule has 0 amide bonds. The van der Waals surface area contributed by atoms with Crippen molar-refractivity contribution in [1.82, 2.24) is 19.6 Å². The van der Waals surface area contributed by atoms with Gasteiger partial charge in [0.2, 0.25) is 0 Å². The molecule has 4 heterocycles. The smallest absolute Gasteiger partial charge is 0.0555 e. The first kappa shape index (κ1) is 7.55. The van der Waals surface area contributed by atoms with E-state index in [0.29, 0.717) is 0 Å². The van der Waals surface area contributed by atoms with Crippen molar-refractivity contribution in [3.63, 3.8) is 0 Å². The molecule has 4 aliphatic rings. The van der Waals surface area contributed by atoms with Crippen molar-refractivity contribution in [2.75, 3.05) is 40.0 Å². The molecular formula is C6H12BN4. The first-order valence-electron chi connectivity index (χ1n) is 3.79. The van der Waals surface area contributed by atoms with Gasteiger partial charge in [0.1, 0.15) is 0 Å². The van der Waals surface area contributed by atoms with Crippen molar-refractivity contribution in [2.24, 2.45) is 0 Å². The third-order valence-corrected chi connectivity index (χ3v) is 2.40. The van der Waals surface area contributed by atoms with Crippen LogP contribution in [0, 0.1) is 0 Å². The largest absolute Gasteiger partial charge is 0.264 e. The van der Waals surface area contributed by atoms with Gasteiger partial charge in [-0.15, -0.1) is 0 Å². The molecule has 4 rings (SSSR count). The third-order valence-electron chi connectivity index (χ3n) is 2.40. The molecule has 59 valence electrons. The van der Waals surface area contributed by atoms with Crippen LogP contribution in [-0.2, 0) is 0 Å². The fourth-order valence-corrected chi connectivity index (χ4v) is 2.23. The van der Waals surface area contributed by atoms with Crippen LogP contribution in [0.4, 0.5) is 0 Å². The average molecular weight is 151 g/mol. The maximum Gasteiger partial charge on any atom is 0.0555 e. The second-order valence-corrected chi connectivity index (χ2v) is 3.53. The van der Waals surface area contributed by atoms with Crippen LogP contribution in [-0.4, -0.2) is 68.0 Å². The van der Waals surface area contributed by atoms with Gasteiger partial charge < -0.3 is 0 Å². The molecule has 0 aromatic heterocycles. The van der Waals surface area contributed by atoms with E-state index in [9.17, 15) is 0 Å². The van der Waals surface area contributed by atoms with Crippen LogP contribution in [0.15, 0.2) is 0 Å². The monoisotopic (exact) mass is 151 g/mol. The molecule has 4 aliphatic heterocycles. The summed E-state index contributed by atoms with van der Waals surface area (Å²) in [4.78, 5) is 9.88. The molecule has 4 saturated heterocycles. The second-order valence-electron chi connectivity index (χ2n) is 3.53. The third kappa shape index (κ3) is 1.08. The first-order chi connectivity index (χ1) is 4.90. The van der Waals surface area contributed by atoms with E-state index in [-0.39, 0.29) is 8.41 Å². The van der Waals surface area contributed by atoms with Gasteiger partial charge in [-0.1, -0.05) is 0 Å². The highest BCUT2D eigenvalue weighted by molar-refractivity contribution is 5.75. The van der Waals surface area contributed by atoms with Crippen LogP contribution < -0.4 is 0 Å². The Hall–Kier alpha value is -0.0951. The molecular weight excluding hydrogens is 139 g/mol. The van der Waals surface area contributed by atoms with E-state index in [1.165, 1.54) is 40.0 Å². The van der Waals surface area contributed by atoms with E-state index in [1.54, 1.807) is 0 Å². The van der Waals surface area contributed by atoms with Gasteiger partial charge in [-0.2, -0.15) is 0 Å². The molecule has 3 radical (unpaired) electrons. The van der Waals surface area contributed by atoms with Crippen molar-refractivity contribution in [2.45, 2.75) is 0 Å². The Labute approximate surface area is 68.9 Å². The van der Waals surface area contributed by atoms with Crippen molar-refractivity contribution in [3.8, 4) is 0 Å². The number of nitrogens with zero attached hydrogens (tertiary/aromatic N) is 4. The predicted molar refractivity (Wildman–Crippen MR) is 42.3 cm³/mol. The Morgan fingerprint density at radius 1 is 0.455 bits per heavy atom. The topological polar surface area (TPSA) is 13.0 Å². The SMILES string of the molecule is C1N2CN3CN1CN(C2)C3.[B]. The minimum atomic E-state index is 0. The van der Waals surface area contributed by atoms with E-state index < -0.39 is 0 Å². The lowest BCUT2D eigenvalue weighted by molar-refractivity contribution is -0.194. The molecule has 4 nitrogen and oxygen atoms in total. The maximum absolute atomic E-state index is 2.47. The molecule has 0 N–H and O–H groups in total. The molecule has 4 fully saturated rings. The molecule has 0 spiro atoms. The van der Waals surface area contributed by atoms with E-state index in [4.69, 9.17) is 0 Å². The molecule has 5 heteroatoms. The Morgan fingerprint density at radius 3 is 0.818 bits per heavy atom. The van der Waals surface area contributed by atoms with Gasteiger partial charge in [-0.3, -0.25) is 19.6 Å². The Bertz CT molecular complexity index is 106. The molecule has 4 bridgehead atoms. The van der Waals surface area contributed by atoms with Crippen LogP contribution in [0.3, 0.4) is 0 Å². The van der Waals surface area contributed by atoms with Crippen LogP contribution in [0.5, 0.6) is 0 Å². The van der Waals surface area contributed by atoms with Crippen LogP contribution in [0.25, 0.3) is 0 Å². The number of hydrogen-bond acceptors (Lipinski definition) is 4. The summed E-state index contributed by atoms with van der Waals surface area (Å²) >= 11 is 0. The van der Waals surface area contributed by atoms with Gasteiger partial charge in [0.05, 0.1) is 40.0 Å². The molecule has 11 heavy (non-hydrogen) atoms. The van der Waals surface area contributed by atoms with E-state index in [1.807, 2.05) is 0 Å². The minimum Gasteiger partial charge on any atom is -0.264 e. The molecule has 0 atom stereocenters. The van der Waals surface area contributed by atoms with E-state index in [0.717, 1.165) is 0 Å². The quantitative estimate of drug-likeness (QED) is 0.394. The average Bonchev–Trinajstić information content (AvgIpc) is 1.82. The number of hydrogen-bond donors (Lipinski definition) is 0. The molecule has 0 aliphatic carbocycles. The molecule has 0 aromatic carbocycles. The standard InChI is InChI=1S/C6H12N4.B/c1-7-2-9-4-8(1)5-10(3-7)6-9;/h1-6H2;. The van der Waals surface area contributed by atoms with Gasteiger partial charge in [0, 0.05) is 8.41 Å². The summed E-state index contributed by atoms with van der Waals surface area (Å²) in [5.74, 6) is 0. The molecule has 0 saturated carbocycles. The Morgan fingerprint density at radius 2 is 0.636 bits per heavy atom. The Balaban J connectivity index is 0.000000480. The van der Waals surface area contributed by atoms with E-state index in [2.05, 4.69) is 19.6 Å². The fourth-order valence-electron chi connectivity index (χ4n) is 2.23. The normalized spacial score (nSPS) is 52.4. The summed E-state index contributed by atoms with van der Waals surface area (Å²) in [5, 5.41) is 0. The summed E-state index contributed by atoms with van der Waals surface area (Å²) in [6.07, 6.45) is 0. The van der Waals surface area contributed by atoms with Crippen LogP contribution in [0.1, 0.15) is 0 Å². The summed E-state index contributed by atoms with van der Waals surface area (Å²) in [5.41, 5.74) is 0. The van der Waals surface area contributed by atoms with Crippen molar-refractivity contribution >= 4 is 8.41 Å². The van der Waals surface area contributed by atoms with Gasteiger partial charge in [0.15, 0.2) is 0 Å². The fraction of sp³-hybridized carbons (Fsp3) is 1.00. The zero-order valence-corrected chi connectivity index (χ0v) is 6.61. The van der Waals surface area contributed by atoms with Crippen molar-refractivity contribution < 1.29 is 0 Å². The van der Waals surface area contributed by atoms with Gasteiger partial charge in [-0.25, -0.2) is 0 Å². The number of rotatable bonds is 0. The maximum atomic E-state index is 2.47. The Kier molecular flexibility index (Phi) is 1.68.